The first-order valence-corrected chi connectivity index (χ1v) is 8.28. The highest BCUT2D eigenvalue weighted by atomic mass is 15.2. The highest BCUT2D eigenvalue weighted by molar-refractivity contribution is 4.94. The molecule has 2 heteroatoms. The van der Waals surface area contributed by atoms with E-state index in [2.05, 4.69) is 17.1 Å². The first-order valence-electron chi connectivity index (χ1n) is 8.28. The number of hydrogen-bond acceptors (Lipinski definition) is 2. The summed E-state index contributed by atoms with van der Waals surface area (Å²) < 4.78 is 0. The molecule has 0 amide bonds. The molecule has 3 fully saturated rings. The first-order chi connectivity index (χ1) is 8.83. The molecule has 1 spiro atoms. The predicted octanol–water partition coefficient (Wildman–Crippen LogP) is 3.03. The second-order valence-electron chi connectivity index (χ2n) is 6.98. The molecule has 1 saturated carbocycles. The van der Waals surface area contributed by atoms with E-state index in [1.54, 1.807) is 0 Å². The Balaban J connectivity index is 1.54. The maximum absolute atomic E-state index is 3.53. The summed E-state index contributed by atoms with van der Waals surface area (Å²) in [5.41, 5.74) is 0.724. The minimum absolute atomic E-state index is 0.724. The van der Waals surface area contributed by atoms with Gasteiger partial charge in [0.2, 0.25) is 0 Å². The largest absolute Gasteiger partial charge is 0.317 e. The molecule has 0 aromatic heterocycles. The number of piperidine rings is 2. The van der Waals surface area contributed by atoms with Crippen molar-refractivity contribution in [1.82, 2.24) is 10.2 Å². The van der Waals surface area contributed by atoms with Gasteiger partial charge in [0.25, 0.3) is 0 Å². The van der Waals surface area contributed by atoms with Gasteiger partial charge in [-0.3, -0.25) is 0 Å². The van der Waals surface area contributed by atoms with Crippen LogP contribution in [-0.4, -0.2) is 37.1 Å². The topological polar surface area (TPSA) is 15.3 Å². The molecule has 0 bridgehead atoms. The van der Waals surface area contributed by atoms with Crippen molar-refractivity contribution in [3.05, 3.63) is 0 Å². The highest BCUT2D eigenvalue weighted by Crippen LogP contribution is 2.43. The van der Waals surface area contributed by atoms with Crippen molar-refractivity contribution in [3.8, 4) is 0 Å². The molecule has 1 atom stereocenters. The number of likely N-dealkylation sites (tertiary alicyclic amines) is 1. The van der Waals surface area contributed by atoms with Crippen molar-refractivity contribution >= 4 is 0 Å². The Morgan fingerprint density at radius 2 is 1.78 bits per heavy atom. The summed E-state index contributed by atoms with van der Waals surface area (Å²) in [4.78, 5) is 2.86. The molecule has 2 nitrogen and oxygen atoms in total. The molecule has 18 heavy (non-hydrogen) atoms. The maximum Gasteiger partial charge on any atom is 0.0123 e. The quantitative estimate of drug-likeness (QED) is 0.825. The lowest BCUT2D eigenvalue weighted by atomic mass is 9.71. The molecule has 2 saturated heterocycles. The van der Waals surface area contributed by atoms with E-state index >= 15 is 0 Å². The summed E-state index contributed by atoms with van der Waals surface area (Å²) in [5, 5.41) is 3.53. The molecule has 0 aromatic carbocycles. The molecule has 0 aromatic rings. The van der Waals surface area contributed by atoms with Crippen LogP contribution in [0.3, 0.4) is 0 Å². The summed E-state index contributed by atoms with van der Waals surface area (Å²) in [7, 11) is 0. The molecule has 3 aliphatic rings. The van der Waals surface area contributed by atoms with Gasteiger partial charge in [-0.05, 0) is 82.5 Å². The molecular weight excluding hydrogens is 220 g/mol. The van der Waals surface area contributed by atoms with Crippen LogP contribution in [0.25, 0.3) is 0 Å². The van der Waals surface area contributed by atoms with Gasteiger partial charge in [0.15, 0.2) is 0 Å². The Hall–Kier alpha value is -0.0800. The standard InChI is InChI=1S/C16H30N2/c1-2-3-15(14-4-5-14)18-12-8-16(9-13-18)6-10-17-11-7-16/h14-15,17H,2-13H2,1H3. The molecule has 1 unspecified atom stereocenters. The van der Waals surface area contributed by atoms with E-state index < -0.39 is 0 Å². The summed E-state index contributed by atoms with van der Waals surface area (Å²) >= 11 is 0. The smallest absolute Gasteiger partial charge is 0.0123 e. The van der Waals surface area contributed by atoms with Crippen LogP contribution in [-0.2, 0) is 0 Å². The van der Waals surface area contributed by atoms with Crippen LogP contribution in [0, 0.1) is 11.3 Å². The van der Waals surface area contributed by atoms with E-state index in [9.17, 15) is 0 Å². The Bertz CT molecular complexity index is 256. The zero-order valence-electron chi connectivity index (χ0n) is 12.1. The molecular formula is C16H30N2. The molecule has 2 heterocycles. The van der Waals surface area contributed by atoms with Crippen molar-refractivity contribution in [3.63, 3.8) is 0 Å². The average molecular weight is 250 g/mol. The Kier molecular flexibility index (Phi) is 3.95. The minimum Gasteiger partial charge on any atom is -0.317 e. The van der Waals surface area contributed by atoms with Crippen LogP contribution in [0.15, 0.2) is 0 Å². The second-order valence-corrected chi connectivity index (χ2v) is 6.98. The lowest BCUT2D eigenvalue weighted by molar-refractivity contribution is 0.0411. The SMILES string of the molecule is CCCC(C1CC1)N1CCC2(CCNCC2)CC1. The Morgan fingerprint density at radius 1 is 1.11 bits per heavy atom. The van der Waals surface area contributed by atoms with Crippen LogP contribution in [0.1, 0.15) is 58.3 Å². The fourth-order valence-electron chi connectivity index (χ4n) is 4.28. The Morgan fingerprint density at radius 3 is 2.33 bits per heavy atom. The monoisotopic (exact) mass is 250 g/mol. The van der Waals surface area contributed by atoms with Gasteiger partial charge in [-0.2, -0.15) is 0 Å². The van der Waals surface area contributed by atoms with E-state index in [0.717, 1.165) is 17.4 Å². The third-order valence-electron chi connectivity index (χ3n) is 5.74. The third-order valence-corrected chi connectivity index (χ3v) is 5.74. The molecule has 0 radical (unpaired) electrons. The average Bonchev–Trinajstić information content (AvgIpc) is 3.23. The minimum atomic E-state index is 0.724. The fourth-order valence-corrected chi connectivity index (χ4v) is 4.28. The summed E-state index contributed by atoms with van der Waals surface area (Å²) in [6.45, 7) is 7.66. The van der Waals surface area contributed by atoms with Gasteiger partial charge in [0, 0.05) is 6.04 Å². The number of hydrogen-bond donors (Lipinski definition) is 1. The third kappa shape index (κ3) is 2.75. The van der Waals surface area contributed by atoms with Crippen molar-refractivity contribution in [2.45, 2.75) is 64.3 Å². The number of rotatable bonds is 4. The van der Waals surface area contributed by atoms with Crippen LogP contribution in [0.2, 0.25) is 0 Å². The van der Waals surface area contributed by atoms with Gasteiger partial charge in [0.1, 0.15) is 0 Å². The van der Waals surface area contributed by atoms with Gasteiger partial charge in [0.05, 0.1) is 0 Å². The normalized spacial score (nSPS) is 30.5. The van der Waals surface area contributed by atoms with E-state index in [1.807, 2.05) is 0 Å². The summed E-state index contributed by atoms with van der Waals surface area (Å²) in [6.07, 6.45) is 11.6. The molecule has 104 valence electrons. The van der Waals surface area contributed by atoms with Crippen molar-refractivity contribution in [2.75, 3.05) is 26.2 Å². The highest BCUT2D eigenvalue weighted by Gasteiger charge is 2.40. The predicted molar refractivity (Wildman–Crippen MR) is 76.8 cm³/mol. The van der Waals surface area contributed by atoms with E-state index in [0.29, 0.717) is 0 Å². The molecule has 2 aliphatic heterocycles. The van der Waals surface area contributed by atoms with Gasteiger partial charge < -0.3 is 10.2 Å². The Labute approximate surface area is 113 Å². The lowest BCUT2D eigenvalue weighted by Crippen LogP contribution is -2.49. The lowest BCUT2D eigenvalue weighted by Gasteiger charge is -2.46. The van der Waals surface area contributed by atoms with E-state index in [-0.39, 0.29) is 0 Å². The van der Waals surface area contributed by atoms with Crippen molar-refractivity contribution in [1.29, 1.82) is 0 Å². The second kappa shape index (κ2) is 5.50. The van der Waals surface area contributed by atoms with E-state index in [4.69, 9.17) is 0 Å². The van der Waals surface area contributed by atoms with Crippen LogP contribution < -0.4 is 5.32 Å². The molecule has 1 N–H and O–H groups in total. The van der Waals surface area contributed by atoms with Gasteiger partial charge in [-0.25, -0.2) is 0 Å². The maximum atomic E-state index is 3.53. The van der Waals surface area contributed by atoms with Crippen molar-refractivity contribution in [2.24, 2.45) is 11.3 Å². The van der Waals surface area contributed by atoms with Crippen molar-refractivity contribution < 1.29 is 0 Å². The number of nitrogens with zero attached hydrogens (tertiary/aromatic N) is 1. The van der Waals surface area contributed by atoms with Crippen LogP contribution in [0.5, 0.6) is 0 Å². The zero-order valence-corrected chi connectivity index (χ0v) is 12.1. The zero-order chi connectivity index (χ0) is 12.4. The van der Waals surface area contributed by atoms with Gasteiger partial charge in [-0.15, -0.1) is 0 Å². The summed E-state index contributed by atoms with van der Waals surface area (Å²) in [5.74, 6) is 1.06. The van der Waals surface area contributed by atoms with Gasteiger partial charge >= 0.3 is 0 Å². The number of nitrogens with one attached hydrogen (secondary N) is 1. The fraction of sp³-hybridized carbons (Fsp3) is 1.00. The summed E-state index contributed by atoms with van der Waals surface area (Å²) in [6, 6.07) is 0.939. The van der Waals surface area contributed by atoms with Crippen LogP contribution >= 0.6 is 0 Å². The van der Waals surface area contributed by atoms with Gasteiger partial charge in [-0.1, -0.05) is 13.3 Å². The first kappa shape index (κ1) is 12.9. The van der Waals surface area contributed by atoms with Crippen LogP contribution in [0.4, 0.5) is 0 Å². The molecule has 1 aliphatic carbocycles. The molecule has 3 rings (SSSR count). The van der Waals surface area contributed by atoms with E-state index in [1.165, 1.54) is 77.5 Å².